The monoisotopic (exact) mass is 189 g/mol. The number of hydrogen-bond donors (Lipinski definition) is 0. The van der Waals surface area contributed by atoms with Crippen LogP contribution in [0, 0.1) is 5.92 Å². The van der Waals surface area contributed by atoms with E-state index in [1.165, 1.54) is 25.9 Å². The first kappa shape index (κ1) is 8.79. The molecule has 2 nitrogen and oxygen atoms in total. The minimum atomic E-state index is 0.00125. The minimum absolute atomic E-state index is 0.00125. The average molecular weight is 190 g/mol. The Kier molecular flexibility index (Phi) is 2.32. The number of alkyl halides is 1. The maximum absolute atomic E-state index is 6.39. The van der Waals surface area contributed by atoms with Gasteiger partial charge in [-0.15, -0.1) is 11.6 Å². The molecule has 2 heterocycles. The number of rotatable bonds is 1. The van der Waals surface area contributed by atoms with E-state index in [4.69, 9.17) is 16.3 Å². The molecule has 0 radical (unpaired) electrons. The van der Waals surface area contributed by atoms with Gasteiger partial charge in [0.05, 0.1) is 18.1 Å². The molecule has 70 valence electrons. The lowest BCUT2D eigenvalue weighted by Gasteiger charge is -2.45. The van der Waals surface area contributed by atoms with Gasteiger partial charge in [0.2, 0.25) is 0 Å². The molecule has 0 atom stereocenters. The summed E-state index contributed by atoms with van der Waals surface area (Å²) in [5.74, 6) is 0.684. The lowest BCUT2D eigenvalue weighted by molar-refractivity contribution is -0.0509. The Morgan fingerprint density at radius 2 is 1.92 bits per heavy atom. The van der Waals surface area contributed by atoms with Gasteiger partial charge in [-0.25, -0.2) is 0 Å². The van der Waals surface area contributed by atoms with E-state index >= 15 is 0 Å². The Hall–Kier alpha value is 0.210. The second-order valence-corrected chi connectivity index (χ2v) is 4.86. The zero-order valence-electron chi connectivity index (χ0n) is 7.55. The van der Waals surface area contributed by atoms with Crippen molar-refractivity contribution in [3.63, 3.8) is 0 Å². The van der Waals surface area contributed by atoms with Crippen molar-refractivity contribution in [2.75, 3.05) is 33.4 Å². The van der Waals surface area contributed by atoms with Crippen LogP contribution in [0.5, 0.6) is 0 Å². The zero-order valence-corrected chi connectivity index (χ0v) is 8.31. The van der Waals surface area contributed by atoms with Crippen LogP contribution in [0.3, 0.4) is 0 Å². The Bertz CT molecular complexity index is 162. The number of piperidine rings is 1. The first-order chi connectivity index (χ1) is 5.71. The van der Waals surface area contributed by atoms with E-state index in [0.29, 0.717) is 5.92 Å². The highest BCUT2D eigenvalue weighted by molar-refractivity contribution is 6.25. The van der Waals surface area contributed by atoms with Crippen molar-refractivity contribution in [2.24, 2.45) is 5.92 Å². The van der Waals surface area contributed by atoms with Crippen molar-refractivity contribution in [2.45, 2.75) is 17.7 Å². The van der Waals surface area contributed by atoms with Crippen LogP contribution in [-0.4, -0.2) is 43.1 Å². The van der Waals surface area contributed by atoms with E-state index in [1.54, 1.807) is 0 Å². The first-order valence-electron chi connectivity index (χ1n) is 4.66. The fourth-order valence-electron chi connectivity index (χ4n) is 2.06. The quantitative estimate of drug-likeness (QED) is 0.578. The van der Waals surface area contributed by atoms with Gasteiger partial charge in [-0.05, 0) is 38.9 Å². The molecule has 0 spiro atoms. The summed E-state index contributed by atoms with van der Waals surface area (Å²) in [4.78, 5) is 2.37. The number of ether oxygens (including phenoxy) is 1. The summed E-state index contributed by atoms with van der Waals surface area (Å²) in [7, 11) is 2.17. The highest BCUT2D eigenvalue weighted by Gasteiger charge is 2.44. The van der Waals surface area contributed by atoms with Crippen LogP contribution in [-0.2, 0) is 4.74 Å². The smallest absolute Gasteiger partial charge is 0.0940 e. The van der Waals surface area contributed by atoms with Crippen molar-refractivity contribution < 1.29 is 4.74 Å². The maximum Gasteiger partial charge on any atom is 0.0940 e. The lowest BCUT2D eigenvalue weighted by atomic mass is 9.82. The predicted molar refractivity (Wildman–Crippen MR) is 49.6 cm³/mol. The SMILES string of the molecule is CN1CCC(C2(Cl)COC2)CC1. The molecule has 0 aromatic rings. The molecule has 2 rings (SSSR count). The Balaban J connectivity index is 1.88. The Morgan fingerprint density at radius 3 is 2.33 bits per heavy atom. The van der Waals surface area contributed by atoms with E-state index in [-0.39, 0.29) is 4.87 Å². The first-order valence-corrected chi connectivity index (χ1v) is 5.04. The third kappa shape index (κ3) is 1.48. The van der Waals surface area contributed by atoms with Gasteiger partial charge in [0, 0.05) is 0 Å². The molecule has 0 aliphatic carbocycles. The number of likely N-dealkylation sites (tertiary alicyclic amines) is 1. The van der Waals surface area contributed by atoms with Gasteiger partial charge in [0.25, 0.3) is 0 Å². The van der Waals surface area contributed by atoms with E-state index in [1.807, 2.05) is 0 Å². The van der Waals surface area contributed by atoms with E-state index < -0.39 is 0 Å². The normalized spacial score (nSPS) is 31.5. The zero-order chi connectivity index (χ0) is 8.60. The molecule has 2 aliphatic heterocycles. The molecule has 0 aromatic carbocycles. The Morgan fingerprint density at radius 1 is 1.33 bits per heavy atom. The fraction of sp³-hybridized carbons (Fsp3) is 1.00. The summed E-state index contributed by atoms with van der Waals surface area (Å²) in [6.07, 6.45) is 2.48. The van der Waals surface area contributed by atoms with Gasteiger partial charge in [-0.2, -0.15) is 0 Å². The molecule has 2 saturated heterocycles. The molecule has 2 fully saturated rings. The summed E-state index contributed by atoms with van der Waals surface area (Å²) in [5, 5.41) is 0. The molecule has 0 bridgehead atoms. The van der Waals surface area contributed by atoms with Crippen LogP contribution >= 0.6 is 11.6 Å². The summed E-state index contributed by atoms with van der Waals surface area (Å²) in [5.41, 5.74) is 0. The summed E-state index contributed by atoms with van der Waals surface area (Å²) >= 11 is 6.39. The molecule has 0 N–H and O–H groups in total. The predicted octanol–water partition coefficient (Wildman–Crippen LogP) is 1.34. The van der Waals surface area contributed by atoms with Crippen LogP contribution in [0.4, 0.5) is 0 Å². The van der Waals surface area contributed by atoms with Crippen molar-refractivity contribution in [1.29, 1.82) is 0 Å². The molecule has 3 heteroatoms. The Labute approximate surface area is 78.8 Å². The molecule has 12 heavy (non-hydrogen) atoms. The fourth-order valence-corrected chi connectivity index (χ4v) is 2.43. The van der Waals surface area contributed by atoms with Crippen LogP contribution < -0.4 is 0 Å². The maximum atomic E-state index is 6.39. The molecule has 2 aliphatic rings. The third-order valence-corrected chi connectivity index (χ3v) is 3.66. The topological polar surface area (TPSA) is 12.5 Å². The van der Waals surface area contributed by atoms with Crippen molar-refractivity contribution in [3.05, 3.63) is 0 Å². The largest absolute Gasteiger partial charge is 0.378 e. The molecular formula is C9H16ClNO. The molecule has 0 aromatic heterocycles. The second-order valence-electron chi connectivity index (χ2n) is 4.10. The number of hydrogen-bond acceptors (Lipinski definition) is 2. The second kappa shape index (κ2) is 3.17. The van der Waals surface area contributed by atoms with Gasteiger partial charge in [-0.1, -0.05) is 0 Å². The van der Waals surface area contributed by atoms with Crippen molar-refractivity contribution in [1.82, 2.24) is 4.90 Å². The van der Waals surface area contributed by atoms with Gasteiger partial charge in [0.15, 0.2) is 0 Å². The van der Waals surface area contributed by atoms with Crippen LogP contribution in [0.2, 0.25) is 0 Å². The van der Waals surface area contributed by atoms with Crippen LogP contribution in [0.1, 0.15) is 12.8 Å². The standard InChI is InChI=1S/C9H16ClNO/c1-11-4-2-8(3-5-11)9(10)6-12-7-9/h8H,2-7H2,1H3. The van der Waals surface area contributed by atoms with E-state index in [0.717, 1.165) is 13.2 Å². The van der Waals surface area contributed by atoms with Crippen molar-refractivity contribution in [3.8, 4) is 0 Å². The number of nitrogens with zero attached hydrogens (tertiary/aromatic N) is 1. The van der Waals surface area contributed by atoms with E-state index in [2.05, 4.69) is 11.9 Å². The van der Waals surface area contributed by atoms with E-state index in [9.17, 15) is 0 Å². The van der Waals surface area contributed by atoms with Crippen molar-refractivity contribution >= 4 is 11.6 Å². The molecular weight excluding hydrogens is 174 g/mol. The lowest BCUT2D eigenvalue weighted by Crippen LogP contribution is -2.53. The molecule has 0 saturated carbocycles. The summed E-state index contributed by atoms with van der Waals surface area (Å²) in [6, 6.07) is 0. The van der Waals surface area contributed by atoms with Gasteiger partial charge < -0.3 is 9.64 Å². The number of halogens is 1. The average Bonchev–Trinajstić information content (AvgIpc) is 2.02. The minimum Gasteiger partial charge on any atom is -0.378 e. The van der Waals surface area contributed by atoms with Crippen LogP contribution in [0.15, 0.2) is 0 Å². The highest BCUT2D eigenvalue weighted by Crippen LogP contribution is 2.38. The van der Waals surface area contributed by atoms with Gasteiger partial charge in [-0.3, -0.25) is 0 Å². The summed E-state index contributed by atoms with van der Waals surface area (Å²) in [6.45, 7) is 3.92. The summed E-state index contributed by atoms with van der Waals surface area (Å²) < 4.78 is 5.17. The third-order valence-electron chi connectivity index (χ3n) is 3.13. The molecule has 0 unspecified atom stereocenters. The van der Waals surface area contributed by atoms with Gasteiger partial charge in [0.1, 0.15) is 0 Å². The molecule has 0 amide bonds. The van der Waals surface area contributed by atoms with Gasteiger partial charge >= 0.3 is 0 Å². The van der Waals surface area contributed by atoms with Crippen LogP contribution in [0.25, 0.3) is 0 Å². The highest BCUT2D eigenvalue weighted by atomic mass is 35.5.